The van der Waals surface area contributed by atoms with Crippen molar-refractivity contribution in [2.24, 2.45) is 5.92 Å². The van der Waals surface area contributed by atoms with E-state index < -0.39 is 48.4 Å². The van der Waals surface area contributed by atoms with Crippen LogP contribution in [-0.4, -0.2) is 55.0 Å². The maximum atomic E-state index is 13.1. The summed E-state index contributed by atoms with van der Waals surface area (Å²) in [5.41, 5.74) is 4.24. The first kappa shape index (κ1) is 33.0. The predicted molar refractivity (Wildman–Crippen MR) is 167 cm³/mol. The Morgan fingerprint density at radius 2 is 1.29 bits per heavy atom. The molecule has 0 aromatic heterocycles. The normalized spacial score (nSPS) is 13.6. The quantitative estimate of drug-likeness (QED) is 0.207. The molecule has 0 heterocycles. The van der Waals surface area contributed by atoms with Gasteiger partial charge >= 0.3 is 24.1 Å². The molecule has 238 valence electrons. The van der Waals surface area contributed by atoms with Gasteiger partial charge in [-0.05, 0) is 54.5 Å². The maximum Gasteiger partial charge on any atom is 0.408 e. The van der Waals surface area contributed by atoms with Crippen molar-refractivity contribution in [2.75, 3.05) is 13.2 Å². The molecule has 1 aliphatic rings. The largest absolute Gasteiger partial charge is 0.461 e. The molecular weight excluding hydrogens is 576 g/mol. The van der Waals surface area contributed by atoms with Crippen LogP contribution in [0.1, 0.15) is 57.2 Å². The highest BCUT2D eigenvalue weighted by molar-refractivity contribution is 5.84. The summed E-state index contributed by atoms with van der Waals surface area (Å²) in [6, 6.07) is 22.5. The fourth-order valence-electron chi connectivity index (χ4n) is 4.97. The zero-order valence-corrected chi connectivity index (χ0v) is 26.2. The number of carbonyl (C=O) groups is 4. The molecule has 45 heavy (non-hydrogen) atoms. The minimum Gasteiger partial charge on any atom is -0.461 e. The van der Waals surface area contributed by atoms with Crippen LogP contribution in [0.3, 0.4) is 0 Å². The molecule has 2 amide bonds. The molecule has 1 aliphatic carbocycles. The topological polar surface area (TPSA) is 129 Å². The molecular formula is C35H40N2O8. The first-order valence-electron chi connectivity index (χ1n) is 14.9. The van der Waals surface area contributed by atoms with Gasteiger partial charge in [-0.25, -0.2) is 19.2 Å². The lowest BCUT2D eigenvalue weighted by Gasteiger charge is -2.24. The summed E-state index contributed by atoms with van der Waals surface area (Å²) in [5.74, 6) is -2.14. The molecule has 0 spiro atoms. The number of carbonyl (C=O) groups excluding carboxylic acids is 4. The number of amides is 2. The molecule has 0 bridgehead atoms. The first-order chi connectivity index (χ1) is 21.4. The van der Waals surface area contributed by atoms with Gasteiger partial charge in [0.15, 0.2) is 6.04 Å². The van der Waals surface area contributed by atoms with Crippen LogP contribution in [0.15, 0.2) is 78.9 Å². The van der Waals surface area contributed by atoms with Crippen LogP contribution in [0.5, 0.6) is 0 Å². The molecule has 0 aliphatic heterocycles. The van der Waals surface area contributed by atoms with Crippen LogP contribution in [0.25, 0.3) is 11.1 Å². The molecule has 2 N–H and O–H groups in total. The highest BCUT2D eigenvalue weighted by Gasteiger charge is 2.33. The van der Waals surface area contributed by atoms with E-state index in [-0.39, 0.29) is 25.0 Å². The summed E-state index contributed by atoms with van der Waals surface area (Å²) in [4.78, 5) is 51.4. The number of benzene rings is 3. The van der Waals surface area contributed by atoms with Crippen LogP contribution in [0.2, 0.25) is 0 Å². The van der Waals surface area contributed by atoms with Crippen molar-refractivity contribution in [3.05, 3.63) is 95.6 Å². The van der Waals surface area contributed by atoms with Crippen molar-refractivity contribution in [3.8, 4) is 11.1 Å². The smallest absolute Gasteiger partial charge is 0.408 e. The number of nitrogens with one attached hydrogen (secondary N) is 2. The van der Waals surface area contributed by atoms with E-state index in [1.165, 1.54) is 0 Å². The van der Waals surface area contributed by atoms with Crippen molar-refractivity contribution in [1.82, 2.24) is 10.6 Å². The third kappa shape index (κ3) is 9.07. The Kier molecular flexibility index (Phi) is 10.8. The van der Waals surface area contributed by atoms with Gasteiger partial charge in [-0.1, -0.05) is 92.7 Å². The van der Waals surface area contributed by atoms with E-state index >= 15 is 0 Å². The summed E-state index contributed by atoms with van der Waals surface area (Å²) < 4.78 is 21.7. The lowest BCUT2D eigenvalue weighted by Crippen LogP contribution is -2.50. The van der Waals surface area contributed by atoms with E-state index in [1.54, 1.807) is 58.9 Å². The van der Waals surface area contributed by atoms with E-state index in [4.69, 9.17) is 18.9 Å². The standard InChI is InChI=1S/C35H40N2O8/c1-22(2)30(37-33(40)44-20-28-26-17-11-9-15-24(26)25-16-10-12-18-27(25)28)32(39)43-21-29(36-34(41)45-35(3,4)5)31(38)42-19-23-13-7-6-8-14-23/h6-18,22,28-30H,19-21H2,1-5H3,(H,36,41)(H,37,40)/t29-,30+/m0/s1. The second-order valence-corrected chi connectivity index (χ2v) is 12.1. The van der Waals surface area contributed by atoms with Crippen molar-refractivity contribution < 1.29 is 38.1 Å². The third-order valence-corrected chi connectivity index (χ3v) is 7.13. The molecule has 4 rings (SSSR count). The van der Waals surface area contributed by atoms with Crippen LogP contribution in [0.4, 0.5) is 9.59 Å². The molecule has 0 unspecified atom stereocenters. The van der Waals surface area contributed by atoms with Crippen LogP contribution in [0, 0.1) is 5.92 Å². The number of ether oxygens (including phenoxy) is 4. The average molecular weight is 617 g/mol. The summed E-state index contributed by atoms with van der Waals surface area (Å²) in [6.45, 7) is 8.00. The Labute approximate surface area is 263 Å². The lowest BCUT2D eigenvalue weighted by atomic mass is 9.98. The van der Waals surface area contributed by atoms with Gasteiger partial charge in [0.05, 0.1) is 0 Å². The predicted octanol–water partition coefficient (Wildman–Crippen LogP) is 5.73. The van der Waals surface area contributed by atoms with Crippen molar-refractivity contribution >= 4 is 24.1 Å². The summed E-state index contributed by atoms with van der Waals surface area (Å²) in [7, 11) is 0. The second kappa shape index (κ2) is 14.7. The summed E-state index contributed by atoms with van der Waals surface area (Å²) >= 11 is 0. The number of fused-ring (bicyclic) bond motifs is 3. The van der Waals surface area contributed by atoms with Gasteiger partial charge in [0, 0.05) is 5.92 Å². The fourth-order valence-corrected chi connectivity index (χ4v) is 4.97. The average Bonchev–Trinajstić information content (AvgIpc) is 3.32. The van der Waals surface area contributed by atoms with E-state index in [2.05, 4.69) is 10.6 Å². The SMILES string of the molecule is CC(C)[C@@H](NC(=O)OCC1c2ccccc2-c2ccccc21)C(=O)OC[C@H](NC(=O)OC(C)(C)C)C(=O)OCc1ccccc1. The highest BCUT2D eigenvalue weighted by Crippen LogP contribution is 2.44. The zero-order chi connectivity index (χ0) is 32.6. The third-order valence-electron chi connectivity index (χ3n) is 7.13. The lowest BCUT2D eigenvalue weighted by molar-refractivity contribution is -0.154. The molecule has 0 fully saturated rings. The van der Waals surface area contributed by atoms with Crippen LogP contribution >= 0.6 is 0 Å². The van der Waals surface area contributed by atoms with E-state index in [0.717, 1.165) is 27.8 Å². The number of hydrogen-bond donors (Lipinski definition) is 2. The van der Waals surface area contributed by atoms with Crippen molar-refractivity contribution in [2.45, 2.75) is 64.8 Å². The van der Waals surface area contributed by atoms with Crippen molar-refractivity contribution in [3.63, 3.8) is 0 Å². The van der Waals surface area contributed by atoms with E-state index in [9.17, 15) is 19.2 Å². The Bertz CT molecular complexity index is 1450. The molecule has 3 aromatic rings. The van der Waals surface area contributed by atoms with E-state index in [1.807, 2.05) is 54.6 Å². The van der Waals surface area contributed by atoms with E-state index in [0.29, 0.717) is 0 Å². The van der Waals surface area contributed by atoms with Gasteiger partial charge in [0.2, 0.25) is 0 Å². The molecule has 0 saturated carbocycles. The Balaban J connectivity index is 1.36. The van der Waals surface area contributed by atoms with Gasteiger partial charge < -0.3 is 29.6 Å². The highest BCUT2D eigenvalue weighted by atomic mass is 16.6. The number of rotatable bonds is 11. The molecule has 10 heteroatoms. The van der Waals surface area contributed by atoms with Crippen molar-refractivity contribution in [1.29, 1.82) is 0 Å². The summed E-state index contributed by atoms with van der Waals surface area (Å²) in [6.07, 6.45) is -1.66. The van der Waals surface area contributed by atoms with Crippen LogP contribution in [-0.2, 0) is 35.1 Å². The van der Waals surface area contributed by atoms with Gasteiger partial charge in [-0.2, -0.15) is 0 Å². The molecule has 0 radical (unpaired) electrons. The minimum absolute atomic E-state index is 0.0436. The Morgan fingerprint density at radius 1 is 0.711 bits per heavy atom. The van der Waals surface area contributed by atoms with Gasteiger partial charge in [-0.15, -0.1) is 0 Å². The minimum atomic E-state index is -1.35. The fraction of sp³-hybridized carbons (Fsp3) is 0.371. The Morgan fingerprint density at radius 3 is 1.87 bits per heavy atom. The summed E-state index contributed by atoms with van der Waals surface area (Å²) in [5, 5.41) is 5.01. The van der Waals surface area contributed by atoms with Gasteiger partial charge in [-0.3, -0.25) is 0 Å². The number of alkyl carbamates (subject to hydrolysis) is 2. The number of hydrogen-bond acceptors (Lipinski definition) is 8. The molecule has 0 saturated heterocycles. The maximum absolute atomic E-state index is 13.1. The van der Waals surface area contributed by atoms with Crippen LogP contribution < -0.4 is 10.6 Å². The first-order valence-corrected chi connectivity index (χ1v) is 14.9. The molecule has 2 atom stereocenters. The number of esters is 2. The monoisotopic (exact) mass is 616 g/mol. The zero-order valence-electron chi connectivity index (χ0n) is 26.2. The Hall–Kier alpha value is -4.86. The van der Waals surface area contributed by atoms with Gasteiger partial charge in [0.25, 0.3) is 0 Å². The second-order valence-electron chi connectivity index (χ2n) is 12.1. The molecule has 3 aromatic carbocycles. The van der Waals surface area contributed by atoms with Gasteiger partial charge in [0.1, 0.15) is 31.5 Å². The molecule has 10 nitrogen and oxygen atoms in total.